The van der Waals surface area contributed by atoms with Crippen molar-refractivity contribution >= 4 is 70.4 Å². The number of halogens is 4. The summed E-state index contributed by atoms with van der Waals surface area (Å²) in [5, 5.41) is 0. The molecular weight excluding hydrogens is 489 g/mol. The van der Waals surface area contributed by atoms with Gasteiger partial charge in [0.2, 0.25) is 0 Å². The lowest BCUT2D eigenvalue weighted by Crippen LogP contribution is -3.40. The van der Waals surface area contributed by atoms with Crippen molar-refractivity contribution in [2.24, 2.45) is 0 Å². The molecule has 4 fully saturated rings. The molecule has 8 atom stereocenters. The van der Waals surface area contributed by atoms with Gasteiger partial charge < -0.3 is 0 Å². The maximum absolute atomic E-state index is 14.9. The molecule has 0 spiro atoms. The topological polar surface area (TPSA) is 0 Å². The predicted molar refractivity (Wildman–Crippen MR) is 127 cm³/mol. The van der Waals surface area contributed by atoms with Crippen LogP contribution in [0.4, 0.5) is 17.6 Å². The second-order valence-electron chi connectivity index (χ2n) is 11.3. The molecule has 25 heavy (non-hydrogen) atoms. The Bertz CT molecular complexity index is 699. The lowest BCUT2D eigenvalue weighted by molar-refractivity contribution is -0.0490. The number of fused-ring (bicyclic) bond motifs is 7. The van der Waals surface area contributed by atoms with Crippen molar-refractivity contribution in [1.29, 1.82) is 0 Å². The Kier molecular flexibility index (Phi) is 3.61. The predicted octanol–water partition coefficient (Wildman–Crippen LogP) is 2.16. The summed E-state index contributed by atoms with van der Waals surface area (Å²) >= 11 is 0. The fourth-order valence-corrected chi connectivity index (χ4v) is 968. The van der Waals surface area contributed by atoms with Crippen molar-refractivity contribution in [3.05, 3.63) is 0 Å². The Morgan fingerprint density at radius 1 is 0.760 bits per heavy atom. The quantitative estimate of drug-likeness (QED) is 0.367. The Labute approximate surface area is 158 Å². The molecule has 4 aliphatic rings. The fraction of sp³-hybridized carbons (Fsp3) is 1.00. The summed E-state index contributed by atoms with van der Waals surface area (Å²) in [6, 6.07) is 0. The molecule has 0 amide bonds. The van der Waals surface area contributed by atoms with Crippen LogP contribution in [0.5, 0.6) is 0 Å². The third kappa shape index (κ3) is 1.22. The molecule has 14 heteroatoms. The SMILES string of the molecule is C[SiH]1[Si](C)(C)[Si]2(C)[Si]1(CF)[SiH]1[Si]3(C(F)(F)F)[SiH](C)[Si](C)(C)[Si]3(C)[Si]12C. The molecule has 0 aromatic rings. The van der Waals surface area contributed by atoms with E-state index in [2.05, 4.69) is 58.9 Å². The summed E-state index contributed by atoms with van der Waals surface area (Å²) in [6.45, 7) is 11.8. The third-order valence-corrected chi connectivity index (χ3v) is 409. The van der Waals surface area contributed by atoms with E-state index in [0.717, 1.165) is 0 Å². The Morgan fingerprint density at radius 2 is 1.20 bits per heavy atom. The van der Waals surface area contributed by atoms with Gasteiger partial charge in [0.25, 0.3) is 0 Å². The molecule has 0 bridgehead atoms. The molecule has 144 valence electrons. The maximum atomic E-state index is 14.9. The first-order chi connectivity index (χ1) is 11.0. The standard InChI is InChI=1S/C11H32F4Si10/c1-16-19(3,4)22(8)21(7)18(24(16,22)10-12)25(11(13,14)15)17(2)20(5,6)23(21,25)9/h16-18H,10H2,1-9H3. The molecule has 0 aliphatic carbocycles. The lowest BCUT2D eigenvalue weighted by Gasteiger charge is -3.03. The highest BCUT2D eigenvalue weighted by atomic mass is 30.9. The van der Waals surface area contributed by atoms with Crippen molar-refractivity contribution in [2.75, 3.05) is 6.30 Å². The molecule has 4 heterocycles. The van der Waals surface area contributed by atoms with E-state index in [1.165, 1.54) is 0 Å². The number of hydrogen-bond acceptors (Lipinski definition) is 0. The number of hydrogen-bond donors (Lipinski definition) is 0. The molecule has 0 N–H and O–H groups in total. The van der Waals surface area contributed by atoms with Crippen LogP contribution in [0.3, 0.4) is 0 Å². The molecule has 4 saturated heterocycles. The highest BCUT2D eigenvalue weighted by molar-refractivity contribution is 8.65. The zero-order valence-electron chi connectivity index (χ0n) is 17.0. The van der Waals surface area contributed by atoms with Crippen LogP contribution in [-0.2, 0) is 0 Å². The van der Waals surface area contributed by atoms with Crippen LogP contribution in [0.2, 0.25) is 58.9 Å². The first kappa shape index (κ1) is 20.2. The van der Waals surface area contributed by atoms with Crippen molar-refractivity contribution in [2.45, 2.75) is 64.7 Å². The summed E-state index contributed by atoms with van der Waals surface area (Å²) in [7, 11) is -7.35. The van der Waals surface area contributed by atoms with Gasteiger partial charge in [0.05, 0.1) is 12.9 Å². The largest absolute Gasteiger partial charge is 0.353 e. The second-order valence-corrected chi connectivity index (χ2v) is 147. The molecule has 4 aliphatic heterocycles. The summed E-state index contributed by atoms with van der Waals surface area (Å²) in [6.07, 6.45) is -0.141. The minimum atomic E-state index is -3.80. The maximum Gasteiger partial charge on any atom is 0.353 e. The van der Waals surface area contributed by atoms with Crippen LogP contribution in [0.1, 0.15) is 0 Å². The first-order valence-corrected chi connectivity index (χ1v) is 48.3. The van der Waals surface area contributed by atoms with Gasteiger partial charge in [0.15, 0.2) is 0 Å². The van der Waals surface area contributed by atoms with E-state index in [1.807, 2.05) is 0 Å². The number of alkyl halides is 4. The highest BCUT2D eigenvalue weighted by Gasteiger charge is 3.12. The average Bonchev–Trinajstić information content (AvgIpc) is 2.50. The van der Waals surface area contributed by atoms with E-state index in [1.54, 1.807) is 0 Å². The molecule has 0 saturated carbocycles. The van der Waals surface area contributed by atoms with Crippen LogP contribution in [0, 0.1) is 0 Å². The molecule has 0 aromatic carbocycles. The lowest BCUT2D eigenvalue weighted by atomic mass is 11.5. The van der Waals surface area contributed by atoms with E-state index in [0.29, 0.717) is 0 Å². The molecular formula is C11H32F4Si10. The normalized spacial score (nSPS) is 63.0. The highest BCUT2D eigenvalue weighted by Crippen LogP contribution is 2.77. The van der Waals surface area contributed by atoms with Gasteiger partial charge in [-0.15, -0.1) is 0 Å². The summed E-state index contributed by atoms with van der Waals surface area (Å²) in [5.41, 5.74) is 0. The average molecular weight is 521 g/mol. The van der Waals surface area contributed by atoms with Gasteiger partial charge in [-0.25, -0.2) is 0 Å². The minimum absolute atomic E-state index is 0.141. The van der Waals surface area contributed by atoms with Crippen molar-refractivity contribution in [3.63, 3.8) is 0 Å². The third-order valence-electron chi connectivity index (χ3n) is 12.3. The minimum Gasteiger partial charge on any atom is -0.256 e. The van der Waals surface area contributed by atoms with Crippen molar-refractivity contribution in [3.8, 4) is 0 Å². The van der Waals surface area contributed by atoms with Crippen LogP contribution in [-0.4, -0.2) is 82.5 Å². The van der Waals surface area contributed by atoms with Gasteiger partial charge in [0, 0.05) is 57.1 Å². The zero-order chi connectivity index (χ0) is 19.4. The van der Waals surface area contributed by atoms with Gasteiger partial charge in [-0.05, 0) is 0 Å². The molecule has 8 unspecified atom stereocenters. The Morgan fingerprint density at radius 3 is 1.60 bits per heavy atom. The summed E-state index contributed by atoms with van der Waals surface area (Å²) in [4.78, 5) is 0. The fourth-order valence-electron chi connectivity index (χ4n) is 10.6. The van der Waals surface area contributed by atoms with E-state index in [-0.39, 0.29) is 6.30 Å². The van der Waals surface area contributed by atoms with E-state index in [9.17, 15) is 17.6 Å². The monoisotopic (exact) mass is 520 g/mol. The van der Waals surface area contributed by atoms with Crippen LogP contribution < -0.4 is 0 Å². The smallest absolute Gasteiger partial charge is 0.256 e. The van der Waals surface area contributed by atoms with Gasteiger partial charge in [-0.2, -0.15) is 13.2 Å². The van der Waals surface area contributed by atoms with Gasteiger partial charge in [-0.1, -0.05) is 58.9 Å². The molecule has 0 aromatic heterocycles. The van der Waals surface area contributed by atoms with Crippen LogP contribution in [0.25, 0.3) is 0 Å². The zero-order valence-corrected chi connectivity index (χ0v) is 27.4. The summed E-state index contributed by atoms with van der Waals surface area (Å²) < 4.78 is 59.5. The van der Waals surface area contributed by atoms with Gasteiger partial charge >= 0.3 is 5.80 Å². The van der Waals surface area contributed by atoms with E-state index in [4.69, 9.17) is 0 Å². The molecule has 4 rings (SSSR count). The Balaban J connectivity index is 2.02. The summed E-state index contributed by atoms with van der Waals surface area (Å²) in [5.74, 6) is -3.80. The van der Waals surface area contributed by atoms with Gasteiger partial charge in [0.1, 0.15) is 6.63 Å². The number of rotatable bonds is 1. The van der Waals surface area contributed by atoms with Crippen LogP contribution in [0.15, 0.2) is 0 Å². The van der Waals surface area contributed by atoms with E-state index < -0.39 is 76.2 Å². The van der Waals surface area contributed by atoms with Crippen molar-refractivity contribution < 1.29 is 17.6 Å². The first-order valence-electron chi connectivity index (χ1n) is 9.61. The molecule has 0 nitrogen and oxygen atoms in total. The van der Waals surface area contributed by atoms with Crippen molar-refractivity contribution in [1.82, 2.24) is 0 Å². The van der Waals surface area contributed by atoms with E-state index >= 15 is 0 Å². The molecule has 0 radical (unpaired) electrons. The Hall–Kier alpha value is 1.89. The van der Waals surface area contributed by atoms with Gasteiger partial charge in [-0.3, -0.25) is 4.39 Å². The van der Waals surface area contributed by atoms with Crippen LogP contribution >= 0.6 is 0 Å². The second kappa shape index (κ2) is 4.47.